The van der Waals surface area contributed by atoms with Gasteiger partial charge in [0.25, 0.3) is 0 Å². The Labute approximate surface area is 93.2 Å². The van der Waals surface area contributed by atoms with Gasteiger partial charge >= 0.3 is 0 Å². The van der Waals surface area contributed by atoms with Crippen molar-refractivity contribution in [2.24, 2.45) is 0 Å². The second kappa shape index (κ2) is 4.24. The summed E-state index contributed by atoms with van der Waals surface area (Å²) in [7, 11) is 0. The number of halogens is 2. The molecule has 0 heterocycles. The summed E-state index contributed by atoms with van der Waals surface area (Å²) in [6, 6.07) is 3.43. The van der Waals surface area contributed by atoms with Crippen LogP contribution in [0.1, 0.15) is 15.9 Å². The summed E-state index contributed by atoms with van der Waals surface area (Å²) in [6.07, 6.45) is 0. The van der Waals surface area contributed by atoms with Crippen LogP contribution in [0.4, 0.5) is 0 Å². The second-order valence-corrected chi connectivity index (χ2v) is 4.11. The maximum atomic E-state index is 11.3. The Bertz CT molecular complexity index is 348. The van der Waals surface area contributed by atoms with E-state index in [9.17, 15) is 9.90 Å². The maximum Gasteiger partial charge on any atom is 0.177 e. The zero-order valence-electron chi connectivity index (χ0n) is 6.97. The molecule has 0 saturated heterocycles. The molecule has 4 heteroatoms. The molecular weight excluding hydrogens is 300 g/mol. The maximum absolute atomic E-state index is 11.3. The number of rotatable bonds is 2. The Morgan fingerprint density at radius 3 is 2.69 bits per heavy atom. The molecule has 0 amide bonds. The summed E-state index contributed by atoms with van der Waals surface area (Å²) in [4.78, 5) is 11.3. The van der Waals surface area contributed by atoms with Crippen LogP contribution in [0.2, 0.25) is 0 Å². The third kappa shape index (κ3) is 2.31. The Kier molecular flexibility index (Phi) is 3.50. The van der Waals surface area contributed by atoms with E-state index in [1.54, 1.807) is 12.1 Å². The summed E-state index contributed by atoms with van der Waals surface area (Å²) in [5, 5.41) is 9.75. The number of carbonyl (C=O) groups excluding carboxylic acids is 1. The van der Waals surface area contributed by atoms with Crippen LogP contribution in [-0.4, -0.2) is 16.2 Å². The summed E-state index contributed by atoms with van der Waals surface area (Å²) in [5.74, 6) is -0.114. The van der Waals surface area contributed by atoms with Gasteiger partial charge in [0.2, 0.25) is 0 Å². The van der Waals surface area contributed by atoms with Crippen LogP contribution >= 0.6 is 31.9 Å². The highest BCUT2D eigenvalue weighted by molar-refractivity contribution is 9.10. The van der Waals surface area contributed by atoms with Gasteiger partial charge in [-0.05, 0) is 40.5 Å². The first kappa shape index (κ1) is 10.7. The number of phenols is 1. The summed E-state index contributed by atoms with van der Waals surface area (Å²) in [5.41, 5.74) is 1.29. The number of hydrogen-bond donors (Lipinski definition) is 1. The zero-order chi connectivity index (χ0) is 10.0. The highest BCUT2D eigenvalue weighted by Gasteiger charge is 2.12. The molecule has 1 aromatic rings. The predicted molar refractivity (Wildman–Crippen MR) is 58.7 cm³/mol. The van der Waals surface area contributed by atoms with E-state index in [1.807, 2.05) is 6.92 Å². The Morgan fingerprint density at radius 2 is 2.15 bits per heavy atom. The van der Waals surface area contributed by atoms with Gasteiger partial charge in [-0.15, -0.1) is 0 Å². The van der Waals surface area contributed by atoms with E-state index < -0.39 is 0 Å². The number of phenolic OH excluding ortho intramolecular Hbond substituents is 1. The van der Waals surface area contributed by atoms with Crippen molar-refractivity contribution in [1.82, 2.24) is 0 Å². The average molecular weight is 308 g/mol. The molecular formula is C9H8Br2O2. The van der Waals surface area contributed by atoms with Gasteiger partial charge in [0.05, 0.1) is 15.4 Å². The first-order valence-electron chi connectivity index (χ1n) is 3.64. The fourth-order valence-electron chi connectivity index (χ4n) is 1.02. The SMILES string of the molecule is Cc1cc(Br)c(O)c(C(=O)CBr)c1. The van der Waals surface area contributed by atoms with Crippen molar-refractivity contribution in [3.8, 4) is 5.75 Å². The second-order valence-electron chi connectivity index (χ2n) is 2.70. The third-order valence-corrected chi connectivity index (χ3v) is 2.74. The standard InChI is InChI=1S/C9H8Br2O2/c1-5-2-6(8(12)4-10)9(13)7(11)3-5/h2-3,13H,4H2,1H3. The molecule has 0 aliphatic carbocycles. The number of alkyl halides is 1. The quantitative estimate of drug-likeness (QED) is 0.673. The number of ketones is 1. The van der Waals surface area contributed by atoms with Crippen LogP contribution in [0.25, 0.3) is 0 Å². The van der Waals surface area contributed by atoms with Crippen LogP contribution in [0, 0.1) is 6.92 Å². The minimum absolute atomic E-state index is 0.00931. The molecule has 0 saturated carbocycles. The van der Waals surface area contributed by atoms with Gasteiger partial charge < -0.3 is 5.11 Å². The summed E-state index contributed by atoms with van der Waals surface area (Å²) < 4.78 is 0.553. The van der Waals surface area contributed by atoms with Crippen molar-refractivity contribution in [2.45, 2.75) is 6.92 Å². The van der Waals surface area contributed by atoms with Gasteiger partial charge in [0, 0.05) is 0 Å². The lowest BCUT2D eigenvalue weighted by molar-refractivity contribution is 0.102. The molecule has 0 spiro atoms. The molecule has 0 aromatic heterocycles. The molecule has 0 bridgehead atoms. The molecule has 0 atom stereocenters. The topological polar surface area (TPSA) is 37.3 Å². The highest BCUT2D eigenvalue weighted by atomic mass is 79.9. The Balaban J connectivity index is 3.28. The van der Waals surface area contributed by atoms with Crippen molar-refractivity contribution in [2.75, 3.05) is 5.33 Å². The molecule has 0 aliphatic rings. The van der Waals surface area contributed by atoms with Crippen LogP contribution < -0.4 is 0 Å². The van der Waals surface area contributed by atoms with Gasteiger partial charge in [0.15, 0.2) is 5.78 Å². The molecule has 0 radical (unpaired) electrons. The monoisotopic (exact) mass is 306 g/mol. The lowest BCUT2D eigenvalue weighted by Gasteiger charge is -2.05. The van der Waals surface area contributed by atoms with Gasteiger partial charge in [-0.1, -0.05) is 15.9 Å². The number of Topliss-reactive ketones (excluding diaryl/α,β-unsaturated/α-hetero) is 1. The van der Waals surface area contributed by atoms with Crippen molar-refractivity contribution in [1.29, 1.82) is 0 Å². The number of hydrogen-bond acceptors (Lipinski definition) is 2. The number of carbonyl (C=O) groups is 1. The summed E-state index contributed by atoms with van der Waals surface area (Å²) >= 11 is 6.24. The molecule has 0 unspecified atom stereocenters. The van der Waals surface area contributed by atoms with Crippen molar-refractivity contribution in [3.05, 3.63) is 27.7 Å². The van der Waals surface area contributed by atoms with Crippen molar-refractivity contribution in [3.63, 3.8) is 0 Å². The van der Waals surface area contributed by atoms with Gasteiger partial charge in [-0.3, -0.25) is 4.79 Å². The van der Waals surface area contributed by atoms with E-state index in [0.29, 0.717) is 10.0 Å². The number of benzene rings is 1. The van der Waals surface area contributed by atoms with E-state index >= 15 is 0 Å². The van der Waals surface area contributed by atoms with Crippen LogP contribution in [-0.2, 0) is 0 Å². The lowest BCUT2D eigenvalue weighted by atomic mass is 10.1. The van der Waals surface area contributed by atoms with Crippen LogP contribution in [0.3, 0.4) is 0 Å². The first-order valence-corrected chi connectivity index (χ1v) is 5.56. The van der Waals surface area contributed by atoms with Crippen molar-refractivity contribution >= 4 is 37.6 Å². The summed E-state index contributed by atoms with van der Waals surface area (Å²) in [6.45, 7) is 1.87. The smallest absolute Gasteiger partial charge is 0.177 e. The molecule has 0 aliphatic heterocycles. The zero-order valence-corrected chi connectivity index (χ0v) is 10.1. The molecule has 70 valence electrons. The molecule has 1 N–H and O–H groups in total. The van der Waals surface area contributed by atoms with Gasteiger partial charge in [-0.25, -0.2) is 0 Å². The van der Waals surface area contributed by atoms with E-state index in [4.69, 9.17) is 0 Å². The molecule has 1 rings (SSSR count). The van der Waals surface area contributed by atoms with E-state index in [-0.39, 0.29) is 16.9 Å². The van der Waals surface area contributed by atoms with Crippen LogP contribution in [0.5, 0.6) is 5.75 Å². The Morgan fingerprint density at radius 1 is 1.54 bits per heavy atom. The number of aryl methyl sites for hydroxylation is 1. The third-order valence-electron chi connectivity index (χ3n) is 1.63. The normalized spacial score (nSPS) is 10.1. The largest absolute Gasteiger partial charge is 0.506 e. The molecule has 2 nitrogen and oxygen atoms in total. The lowest BCUT2D eigenvalue weighted by Crippen LogP contribution is -2.01. The van der Waals surface area contributed by atoms with E-state index in [2.05, 4.69) is 31.9 Å². The van der Waals surface area contributed by atoms with Crippen molar-refractivity contribution < 1.29 is 9.90 Å². The fraction of sp³-hybridized carbons (Fsp3) is 0.222. The van der Waals surface area contributed by atoms with Crippen LogP contribution in [0.15, 0.2) is 16.6 Å². The molecule has 0 fully saturated rings. The fourth-order valence-corrected chi connectivity index (χ4v) is 1.90. The Hall–Kier alpha value is -0.350. The molecule has 13 heavy (non-hydrogen) atoms. The predicted octanol–water partition coefficient (Wildman–Crippen LogP) is 3.04. The first-order chi connectivity index (χ1) is 6.06. The number of aromatic hydroxyl groups is 1. The highest BCUT2D eigenvalue weighted by Crippen LogP contribution is 2.29. The molecule has 1 aromatic carbocycles. The van der Waals surface area contributed by atoms with Gasteiger partial charge in [0.1, 0.15) is 5.75 Å². The van der Waals surface area contributed by atoms with E-state index in [0.717, 1.165) is 5.56 Å². The van der Waals surface area contributed by atoms with Gasteiger partial charge in [-0.2, -0.15) is 0 Å². The minimum atomic E-state index is -0.123. The minimum Gasteiger partial charge on any atom is -0.506 e. The average Bonchev–Trinajstić information content (AvgIpc) is 2.10. The van der Waals surface area contributed by atoms with E-state index in [1.165, 1.54) is 0 Å².